The van der Waals surface area contributed by atoms with Crippen molar-refractivity contribution in [3.63, 3.8) is 0 Å². The summed E-state index contributed by atoms with van der Waals surface area (Å²) in [7, 11) is -7.61. The number of rotatable bonds is 8. The van der Waals surface area contributed by atoms with Gasteiger partial charge in [0.2, 0.25) is 20.0 Å². The average molecular weight is 600 g/mol. The molecule has 12 heteroatoms. The fourth-order valence-electron chi connectivity index (χ4n) is 4.84. The van der Waals surface area contributed by atoms with E-state index < -0.39 is 26.0 Å². The molecule has 1 amide bonds. The summed E-state index contributed by atoms with van der Waals surface area (Å²) in [6.07, 6.45) is 2.57. The van der Waals surface area contributed by atoms with Gasteiger partial charge in [-0.2, -0.15) is 8.61 Å². The van der Waals surface area contributed by atoms with Gasteiger partial charge in [-0.15, -0.1) is 0 Å². The second-order valence-electron chi connectivity index (χ2n) is 10.0. The molecule has 0 bridgehead atoms. The maximum atomic E-state index is 13.4. The zero-order valence-electron chi connectivity index (χ0n) is 22.8. The second-order valence-corrected chi connectivity index (χ2v) is 13.9. The fraction of sp³-hybridized carbons (Fsp3) is 0.345. The molecule has 0 unspecified atom stereocenters. The molecule has 3 aromatic carbocycles. The number of piperidine rings is 1. The first-order valence-corrected chi connectivity index (χ1v) is 16.4. The smallest absolute Gasteiger partial charge is 0.255 e. The Balaban J connectivity index is 1.47. The van der Waals surface area contributed by atoms with Gasteiger partial charge in [0.15, 0.2) is 5.75 Å². The van der Waals surface area contributed by atoms with Crippen LogP contribution in [0.2, 0.25) is 0 Å². The third kappa shape index (κ3) is 6.62. The minimum atomic E-state index is -3.82. The Kier molecular flexibility index (Phi) is 8.76. The number of morpholine rings is 1. The van der Waals surface area contributed by atoms with Crippen molar-refractivity contribution in [2.24, 2.45) is 0 Å². The van der Waals surface area contributed by atoms with Crippen molar-refractivity contribution < 1.29 is 31.1 Å². The molecular weight excluding hydrogens is 566 g/mol. The highest BCUT2D eigenvalue weighted by Crippen LogP contribution is 2.34. The van der Waals surface area contributed by atoms with Gasteiger partial charge in [-0.25, -0.2) is 16.8 Å². The summed E-state index contributed by atoms with van der Waals surface area (Å²) in [6, 6.07) is 17.5. The van der Waals surface area contributed by atoms with E-state index in [0.717, 1.165) is 24.8 Å². The maximum absolute atomic E-state index is 13.4. The van der Waals surface area contributed by atoms with Crippen molar-refractivity contribution in [2.45, 2.75) is 36.0 Å². The number of carbonyl (C=O) groups is 1. The van der Waals surface area contributed by atoms with E-state index in [0.29, 0.717) is 32.1 Å². The van der Waals surface area contributed by atoms with Crippen molar-refractivity contribution in [1.29, 1.82) is 0 Å². The molecule has 5 rings (SSSR count). The van der Waals surface area contributed by atoms with E-state index in [1.165, 1.54) is 51.1 Å². The van der Waals surface area contributed by atoms with Crippen LogP contribution in [0.1, 0.15) is 35.2 Å². The molecule has 0 spiro atoms. The van der Waals surface area contributed by atoms with Crippen LogP contribution in [0.15, 0.2) is 76.5 Å². The first-order valence-electron chi connectivity index (χ1n) is 13.5. The molecule has 2 heterocycles. The molecule has 0 aliphatic carbocycles. The second kappa shape index (κ2) is 12.3. The SMILES string of the molecule is Cc1cccc(Oc2ccc(S(=O)(=O)N3CCCCC3)cc2NC(=O)c2cccc(S(=O)(=O)N3CCOCC3)c2)c1. The molecule has 2 aliphatic heterocycles. The monoisotopic (exact) mass is 599 g/mol. The van der Waals surface area contributed by atoms with Crippen LogP contribution in [0.3, 0.4) is 0 Å². The van der Waals surface area contributed by atoms with Gasteiger partial charge in [-0.05, 0) is 73.9 Å². The molecule has 2 saturated heterocycles. The third-order valence-corrected chi connectivity index (χ3v) is 10.9. The van der Waals surface area contributed by atoms with E-state index in [4.69, 9.17) is 9.47 Å². The maximum Gasteiger partial charge on any atom is 0.255 e. The van der Waals surface area contributed by atoms with Gasteiger partial charge in [-0.1, -0.05) is 24.6 Å². The lowest BCUT2D eigenvalue weighted by Gasteiger charge is -2.26. The lowest BCUT2D eigenvalue weighted by Crippen LogP contribution is -2.40. The van der Waals surface area contributed by atoms with Crippen LogP contribution in [0.4, 0.5) is 5.69 Å². The van der Waals surface area contributed by atoms with Gasteiger partial charge in [0, 0.05) is 31.7 Å². The molecule has 3 aromatic rings. The summed E-state index contributed by atoms with van der Waals surface area (Å²) < 4.78 is 67.2. The molecule has 0 aromatic heterocycles. The summed E-state index contributed by atoms with van der Waals surface area (Å²) in [5, 5.41) is 2.76. The number of carbonyl (C=O) groups excluding carboxylic acids is 1. The Morgan fingerprint density at radius 3 is 2.15 bits per heavy atom. The average Bonchev–Trinajstić information content (AvgIpc) is 2.99. The lowest BCUT2D eigenvalue weighted by atomic mass is 10.2. The van der Waals surface area contributed by atoms with E-state index in [1.807, 2.05) is 25.1 Å². The van der Waals surface area contributed by atoms with E-state index in [-0.39, 0.29) is 39.9 Å². The highest BCUT2D eigenvalue weighted by atomic mass is 32.2. The van der Waals surface area contributed by atoms with Gasteiger partial charge in [0.25, 0.3) is 5.91 Å². The molecule has 0 saturated carbocycles. The van der Waals surface area contributed by atoms with E-state index in [2.05, 4.69) is 5.32 Å². The van der Waals surface area contributed by atoms with E-state index in [9.17, 15) is 21.6 Å². The summed E-state index contributed by atoms with van der Waals surface area (Å²) in [5.41, 5.74) is 1.22. The van der Waals surface area contributed by atoms with Gasteiger partial charge in [-0.3, -0.25) is 4.79 Å². The van der Waals surface area contributed by atoms with E-state index in [1.54, 1.807) is 6.07 Å². The highest BCUT2D eigenvalue weighted by Gasteiger charge is 2.29. The number of nitrogens with one attached hydrogen (secondary N) is 1. The number of nitrogens with zero attached hydrogens (tertiary/aromatic N) is 2. The summed E-state index contributed by atoms with van der Waals surface area (Å²) in [6.45, 7) is 3.88. The van der Waals surface area contributed by atoms with Crippen LogP contribution in [0.25, 0.3) is 0 Å². The molecule has 0 radical (unpaired) electrons. The Bertz CT molecular complexity index is 1630. The minimum absolute atomic E-state index is 0.00953. The van der Waals surface area contributed by atoms with Gasteiger partial charge >= 0.3 is 0 Å². The number of hydrogen-bond donors (Lipinski definition) is 1. The number of ether oxygens (including phenoxy) is 2. The van der Waals surface area contributed by atoms with Crippen LogP contribution in [0.5, 0.6) is 11.5 Å². The normalized spacial score (nSPS) is 17.2. The molecule has 2 aliphatic rings. The summed E-state index contributed by atoms with van der Waals surface area (Å²) in [4.78, 5) is 13.5. The van der Waals surface area contributed by atoms with Crippen LogP contribution in [-0.4, -0.2) is 70.7 Å². The van der Waals surface area contributed by atoms with Gasteiger partial charge in [0.05, 0.1) is 28.7 Å². The molecule has 0 atom stereocenters. The Hall–Kier alpha value is -3.29. The minimum Gasteiger partial charge on any atom is -0.455 e. The number of aryl methyl sites for hydroxylation is 1. The number of hydrogen-bond acceptors (Lipinski definition) is 7. The Morgan fingerprint density at radius 2 is 1.44 bits per heavy atom. The van der Waals surface area contributed by atoms with Gasteiger partial charge in [0.1, 0.15) is 5.75 Å². The first kappa shape index (κ1) is 29.2. The number of amides is 1. The predicted octanol–water partition coefficient (Wildman–Crippen LogP) is 4.24. The number of sulfonamides is 2. The van der Waals surface area contributed by atoms with Crippen molar-refractivity contribution in [3.05, 3.63) is 77.9 Å². The van der Waals surface area contributed by atoms with Gasteiger partial charge < -0.3 is 14.8 Å². The fourth-order valence-corrected chi connectivity index (χ4v) is 7.84. The molecular formula is C29H33N3O7S2. The van der Waals surface area contributed by atoms with Crippen LogP contribution < -0.4 is 10.1 Å². The van der Waals surface area contributed by atoms with Crippen molar-refractivity contribution in [1.82, 2.24) is 8.61 Å². The number of anilines is 1. The highest BCUT2D eigenvalue weighted by molar-refractivity contribution is 7.89. The molecule has 41 heavy (non-hydrogen) atoms. The third-order valence-electron chi connectivity index (χ3n) is 7.07. The van der Waals surface area contributed by atoms with Crippen LogP contribution in [-0.2, 0) is 24.8 Å². The summed E-state index contributed by atoms with van der Waals surface area (Å²) in [5.74, 6) is 0.162. The van der Waals surface area contributed by atoms with Crippen molar-refractivity contribution in [2.75, 3.05) is 44.7 Å². The predicted molar refractivity (Wildman–Crippen MR) is 154 cm³/mol. The molecule has 218 valence electrons. The van der Waals surface area contributed by atoms with Crippen LogP contribution in [0, 0.1) is 6.92 Å². The summed E-state index contributed by atoms with van der Waals surface area (Å²) >= 11 is 0. The molecule has 2 fully saturated rings. The zero-order valence-corrected chi connectivity index (χ0v) is 24.4. The largest absolute Gasteiger partial charge is 0.455 e. The topological polar surface area (TPSA) is 122 Å². The zero-order chi connectivity index (χ0) is 29.0. The Labute approximate surface area is 241 Å². The standard InChI is InChI=1S/C29H33N3O7S2/c1-22-7-5-9-24(19-22)39-28-12-11-26(41(36,37)31-13-3-2-4-14-31)21-27(28)30-29(33)23-8-6-10-25(20-23)40(34,35)32-15-17-38-18-16-32/h5-12,19-21H,2-4,13-18H2,1H3,(H,30,33). The quantitative estimate of drug-likeness (QED) is 0.411. The van der Waals surface area contributed by atoms with Crippen molar-refractivity contribution >= 4 is 31.6 Å². The lowest BCUT2D eigenvalue weighted by molar-refractivity contribution is 0.0730. The first-order chi connectivity index (χ1) is 19.6. The number of benzene rings is 3. The Morgan fingerprint density at radius 1 is 0.780 bits per heavy atom. The molecule has 10 nitrogen and oxygen atoms in total. The van der Waals surface area contributed by atoms with E-state index >= 15 is 0 Å². The molecule has 1 N–H and O–H groups in total. The van der Waals surface area contributed by atoms with Crippen LogP contribution >= 0.6 is 0 Å². The van der Waals surface area contributed by atoms with Crippen molar-refractivity contribution in [3.8, 4) is 11.5 Å².